The van der Waals surface area contributed by atoms with Crippen LogP contribution in [0.25, 0.3) is 16.9 Å². The largest absolute Gasteiger partial charge is 0.348 e. The van der Waals surface area contributed by atoms with Crippen LogP contribution in [0, 0.1) is 6.92 Å². The number of benzene rings is 2. The van der Waals surface area contributed by atoms with E-state index in [0.29, 0.717) is 5.69 Å². The van der Waals surface area contributed by atoms with Crippen molar-refractivity contribution >= 4 is 5.91 Å². The molecule has 1 aromatic heterocycles. The third-order valence-corrected chi connectivity index (χ3v) is 3.81. The van der Waals surface area contributed by atoms with Gasteiger partial charge in [0.25, 0.3) is 5.91 Å². The van der Waals surface area contributed by atoms with E-state index in [0.717, 1.165) is 22.5 Å². The SMILES string of the molecule is Cc1c(C(=O)NC(C)C)nn(-c2ccccc2)c1-c1ccccc1. The summed E-state index contributed by atoms with van der Waals surface area (Å²) in [7, 11) is 0. The van der Waals surface area contributed by atoms with Crippen LogP contribution in [0.2, 0.25) is 0 Å². The van der Waals surface area contributed by atoms with Gasteiger partial charge in [0.2, 0.25) is 0 Å². The van der Waals surface area contributed by atoms with Gasteiger partial charge in [-0.25, -0.2) is 4.68 Å². The number of carbonyl (C=O) groups is 1. The number of nitrogens with zero attached hydrogens (tertiary/aromatic N) is 2. The highest BCUT2D eigenvalue weighted by molar-refractivity contribution is 5.95. The van der Waals surface area contributed by atoms with E-state index in [-0.39, 0.29) is 11.9 Å². The third kappa shape index (κ3) is 3.08. The predicted octanol–water partition coefficient (Wildman–Crippen LogP) is 3.99. The minimum atomic E-state index is -0.144. The van der Waals surface area contributed by atoms with E-state index in [1.54, 1.807) is 0 Å². The van der Waals surface area contributed by atoms with Crippen LogP contribution in [0.1, 0.15) is 29.9 Å². The summed E-state index contributed by atoms with van der Waals surface area (Å²) in [5, 5.41) is 7.54. The maximum atomic E-state index is 12.5. The molecule has 4 nitrogen and oxygen atoms in total. The lowest BCUT2D eigenvalue weighted by atomic mass is 10.1. The molecule has 0 atom stereocenters. The lowest BCUT2D eigenvalue weighted by molar-refractivity contribution is 0.0937. The van der Waals surface area contributed by atoms with Gasteiger partial charge in [-0.15, -0.1) is 0 Å². The highest BCUT2D eigenvalue weighted by Crippen LogP contribution is 2.28. The molecule has 1 heterocycles. The summed E-state index contributed by atoms with van der Waals surface area (Å²) < 4.78 is 1.85. The molecular weight excluding hydrogens is 298 g/mol. The second-order valence-electron chi connectivity index (χ2n) is 6.06. The maximum Gasteiger partial charge on any atom is 0.272 e. The molecule has 0 saturated carbocycles. The highest BCUT2D eigenvalue weighted by atomic mass is 16.2. The van der Waals surface area contributed by atoms with E-state index in [2.05, 4.69) is 10.4 Å². The first-order chi connectivity index (χ1) is 11.6. The average Bonchev–Trinajstić information content (AvgIpc) is 2.93. The Labute approximate surface area is 142 Å². The van der Waals surface area contributed by atoms with Crippen molar-refractivity contribution in [3.8, 4) is 16.9 Å². The van der Waals surface area contributed by atoms with Gasteiger partial charge in [0.1, 0.15) is 0 Å². The molecule has 0 saturated heterocycles. The lowest BCUT2D eigenvalue weighted by Gasteiger charge is -2.08. The van der Waals surface area contributed by atoms with Crippen molar-refractivity contribution in [2.75, 3.05) is 0 Å². The Morgan fingerprint density at radius 1 is 1.00 bits per heavy atom. The van der Waals surface area contributed by atoms with Crippen molar-refractivity contribution in [1.29, 1.82) is 0 Å². The molecule has 0 aliphatic heterocycles. The minimum absolute atomic E-state index is 0.0685. The van der Waals surface area contributed by atoms with Crippen molar-refractivity contribution in [3.05, 3.63) is 71.9 Å². The Morgan fingerprint density at radius 3 is 2.17 bits per heavy atom. The fraction of sp³-hybridized carbons (Fsp3) is 0.200. The van der Waals surface area contributed by atoms with Gasteiger partial charge in [0.15, 0.2) is 5.69 Å². The van der Waals surface area contributed by atoms with Gasteiger partial charge in [-0.3, -0.25) is 4.79 Å². The lowest BCUT2D eigenvalue weighted by Crippen LogP contribution is -2.30. The predicted molar refractivity (Wildman–Crippen MR) is 96.3 cm³/mol. The first-order valence-corrected chi connectivity index (χ1v) is 8.09. The number of hydrogen-bond acceptors (Lipinski definition) is 2. The van der Waals surface area contributed by atoms with Gasteiger partial charge < -0.3 is 5.32 Å². The van der Waals surface area contributed by atoms with E-state index in [9.17, 15) is 4.79 Å². The zero-order chi connectivity index (χ0) is 17.1. The number of para-hydroxylation sites is 1. The standard InChI is InChI=1S/C20H21N3O/c1-14(2)21-20(24)18-15(3)19(16-10-6-4-7-11-16)23(22-18)17-12-8-5-9-13-17/h4-14H,1-3H3,(H,21,24). The average molecular weight is 319 g/mol. The fourth-order valence-electron chi connectivity index (χ4n) is 2.73. The number of carbonyl (C=O) groups excluding carboxylic acids is 1. The van der Waals surface area contributed by atoms with Crippen molar-refractivity contribution in [1.82, 2.24) is 15.1 Å². The molecule has 2 aromatic carbocycles. The minimum Gasteiger partial charge on any atom is -0.348 e. The van der Waals surface area contributed by atoms with E-state index in [1.165, 1.54) is 0 Å². The van der Waals surface area contributed by atoms with Crippen LogP contribution in [0.3, 0.4) is 0 Å². The molecule has 1 N–H and O–H groups in total. The van der Waals surface area contributed by atoms with Crippen LogP contribution < -0.4 is 5.32 Å². The van der Waals surface area contributed by atoms with Crippen LogP contribution in [-0.4, -0.2) is 21.7 Å². The quantitative estimate of drug-likeness (QED) is 0.790. The molecule has 24 heavy (non-hydrogen) atoms. The molecule has 1 amide bonds. The maximum absolute atomic E-state index is 12.5. The molecule has 3 rings (SSSR count). The Bertz CT molecular complexity index is 836. The molecular formula is C20H21N3O. The molecule has 0 aliphatic carbocycles. The van der Waals surface area contributed by atoms with Crippen LogP contribution in [-0.2, 0) is 0 Å². The fourth-order valence-corrected chi connectivity index (χ4v) is 2.73. The van der Waals surface area contributed by atoms with Gasteiger partial charge in [-0.1, -0.05) is 48.5 Å². The molecule has 0 unspecified atom stereocenters. The van der Waals surface area contributed by atoms with Crippen LogP contribution >= 0.6 is 0 Å². The topological polar surface area (TPSA) is 46.9 Å². The molecule has 3 aromatic rings. The van der Waals surface area contributed by atoms with Crippen molar-refractivity contribution in [2.45, 2.75) is 26.8 Å². The van der Waals surface area contributed by atoms with Gasteiger partial charge in [0.05, 0.1) is 11.4 Å². The molecule has 4 heteroatoms. The highest BCUT2D eigenvalue weighted by Gasteiger charge is 2.22. The molecule has 122 valence electrons. The van der Waals surface area contributed by atoms with Gasteiger partial charge in [-0.05, 0) is 32.9 Å². The van der Waals surface area contributed by atoms with Gasteiger partial charge in [0, 0.05) is 17.2 Å². The van der Waals surface area contributed by atoms with E-state index in [1.807, 2.05) is 86.1 Å². The summed E-state index contributed by atoms with van der Waals surface area (Å²) >= 11 is 0. The number of rotatable bonds is 4. The zero-order valence-electron chi connectivity index (χ0n) is 14.2. The van der Waals surface area contributed by atoms with E-state index < -0.39 is 0 Å². The number of aromatic nitrogens is 2. The molecule has 0 fully saturated rings. The van der Waals surface area contributed by atoms with Crippen molar-refractivity contribution in [2.24, 2.45) is 0 Å². The molecule has 0 radical (unpaired) electrons. The second-order valence-corrected chi connectivity index (χ2v) is 6.06. The van der Waals surface area contributed by atoms with Crippen molar-refractivity contribution in [3.63, 3.8) is 0 Å². The second kappa shape index (κ2) is 6.71. The van der Waals surface area contributed by atoms with Crippen LogP contribution in [0.15, 0.2) is 60.7 Å². The van der Waals surface area contributed by atoms with E-state index in [4.69, 9.17) is 0 Å². The first-order valence-electron chi connectivity index (χ1n) is 8.09. The van der Waals surface area contributed by atoms with Crippen LogP contribution in [0.5, 0.6) is 0 Å². The Morgan fingerprint density at radius 2 is 1.58 bits per heavy atom. The zero-order valence-corrected chi connectivity index (χ0v) is 14.2. The number of nitrogens with one attached hydrogen (secondary N) is 1. The molecule has 0 bridgehead atoms. The number of amides is 1. The smallest absolute Gasteiger partial charge is 0.272 e. The number of hydrogen-bond donors (Lipinski definition) is 1. The Kier molecular flexibility index (Phi) is 4.47. The Hall–Kier alpha value is -2.88. The summed E-state index contributed by atoms with van der Waals surface area (Å²) in [6, 6.07) is 20.0. The van der Waals surface area contributed by atoms with Gasteiger partial charge >= 0.3 is 0 Å². The van der Waals surface area contributed by atoms with Crippen LogP contribution in [0.4, 0.5) is 0 Å². The molecule has 0 aliphatic rings. The van der Waals surface area contributed by atoms with Gasteiger partial charge in [-0.2, -0.15) is 5.10 Å². The normalized spacial score (nSPS) is 10.8. The first kappa shape index (κ1) is 16.0. The summed E-state index contributed by atoms with van der Waals surface area (Å²) in [4.78, 5) is 12.5. The Balaban J connectivity index is 2.19. The van der Waals surface area contributed by atoms with Crippen molar-refractivity contribution < 1.29 is 4.79 Å². The summed E-state index contributed by atoms with van der Waals surface area (Å²) in [6.07, 6.45) is 0. The third-order valence-electron chi connectivity index (χ3n) is 3.81. The monoisotopic (exact) mass is 319 g/mol. The summed E-state index contributed by atoms with van der Waals surface area (Å²) in [5.74, 6) is -0.144. The summed E-state index contributed by atoms with van der Waals surface area (Å²) in [6.45, 7) is 5.84. The van der Waals surface area contributed by atoms with E-state index >= 15 is 0 Å². The summed E-state index contributed by atoms with van der Waals surface area (Å²) in [5.41, 5.74) is 4.25. The molecule has 0 spiro atoms.